The van der Waals surface area contributed by atoms with Gasteiger partial charge in [0.2, 0.25) is 5.95 Å². The largest absolute Gasteiger partial charge is 0.337 e. The first-order valence-electron chi connectivity index (χ1n) is 8.30. The van der Waals surface area contributed by atoms with E-state index in [4.69, 9.17) is 4.98 Å². The predicted octanol–water partition coefficient (Wildman–Crippen LogP) is 1.71. The van der Waals surface area contributed by atoms with E-state index >= 15 is 0 Å². The first kappa shape index (κ1) is 14.4. The Balaban J connectivity index is 1.62. The van der Waals surface area contributed by atoms with Crippen LogP contribution in [0.3, 0.4) is 0 Å². The lowest BCUT2D eigenvalue weighted by molar-refractivity contribution is 0.311. The number of piperazine rings is 1. The number of likely N-dealkylation sites (N-methyl/N-ethyl adjacent to an activating group) is 1. The minimum atomic E-state index is 0.749. The van der Waals surface area contributed by atoms with Gasteiger partial charge in [-0.25, -0.2) is 0 Å². The summed E-state index contributed by atoms with van der Waals surface area (Å²) >= 11 is 0. The van der Waals surface area contributed by atoms with Gasteiger partial charge in [-0.15, -0.1) is 5.10 Å². The van der Waals surface area contributed by atoms with Crippen molar-refractivity contribution in [2.24, 2.45) is 0 Å². The zero-order chi connectivity index (χ0) is 15.6. The molecule has 2 aliphatic heterocycles. The van der Waals surface area contributed by atoms with E-state index in [1.807, 2.05) is 0 Å². The maximum Gasteiger partial charge on any atom is 0.247 e. The smallest absolute Gasteiger partial charge is 0.247 e. The van der Waals surface area contributed by atoms with Crippen LogP contribution in [0, 0.1) is 0 Å². The number of para-hydroxylation sites is 1. The van der Waals surface area contributed by atoms with Crippen LogP contribution in [0.15, 0.2) is 30.5 Å². The number of hydrogen-bond acceptors (Lipinski definition) is 6. The molecule has 0 N–H and O–H groups in total. The molecule has 6 nitrogen and oxygen atoms in total. The lowest BCUT2D eigenvalue weighted by Crippen LogP contribution is -2.45. The third-order valence-electron chi connectivity index (χ3n) is 4.71. The third-order valence-corrected chi connectivity index (χ3v) is 4.71. The van der Waals surface area contributed by atoms with Crippen molar-refractivity contribution in [3.05, 3.63) is 36.0 Å². The quantitative estimate of drug-likeness (QED) is 0.841. The number of aryl methyl sites for hydroxylation is 1. The van der Waals surface area contributed by atoms with Gasteiger partial charge in [0, 0.05) is 38.4 Å². The molecule has 3 heterocycles. The van der Waals surface area contributed by atoms with Crippen molar-refractivity contribution >= 4 is 17.5 Å². The Bertz CT molecular complexity index is 680. The molecule has 2 aromatic rings. The minimum absolute atomic E-state index is 0.749. The van der Waals surface area contributed by atoms with E-state index in [1.54, 1.807) is 6.20 Å². The summed E-state index contributed by atoms with van der Waals surface area (Å²) in [5.74, 6) is 1.65. The van der Waals surface area contributed by atoms with E-state index < -0.39 is 0 Å². The molecule has 4 rings (SSSR count). The van der Waals surface area contributed by atoms with Gasteiger partial charge in [-0.05, 0) is 31.5 Å². The Morgan fingerprint density at radius 2 is 1.83 bits per heavy atom. The highest BCUT2D eigenvalue weighted by atomic mass is 15.4. The summed E-state index contributed by atoms with van der Waals surface area (Å²) in [7, 11) is 2.15. The van der Waals surface area contributed by atoms with Gasteiger partial charge in [0.1, 0.15) is 0 Å². The molecule has 6 heteroatoms. The van der Waals surface area contributed by atoms with Gasteiger partial charge in [-0.3, -0.25) is 0 Å². The summed E-state index contributed by atoms with van der Waals surface area (Å²) in [6, 6.07) is 8.58. The molecule has 23 heavy (non-hydrogen) atoms. The van der Waals surface area contributed by atoms with E-state index in [-0.39, 0.29) is 0 Å². The first-order valence-corrected chi connectivity index (χ1v) is 8.30. The summed E-state index contributed by atoms with van der Waals surface area (Å²) in [6.07, 6.45) is 4.06. The van der Waals surface area contributed by atoms with Crippen molar-refractivity contribution in [2.75, 3.05) is 49.6 Å². The molecule has 1 saturated heterocycles. The average Bonchev–Trinajstić information content (AvgIpc) is 2.62. The Labute approximate surface area is 136 Å². The fourth-order valence-electron chi connectivity index (χ4n) is 3.33. The Morgan fingerprint density at radius 1 is 1.00 bits per heavy atom. The molecule has 0 aliphatic carbocycles. The number of rotatable bonds is 2. The number of aromatic nitrogens is 3. The van der Waals surface area contributed by atoms with E-state index in [0.717, 1.165) is 57.3 Å². The average molecular weight is 310 g/mol. The van der Waals surface area contributed by atoms with Crippen LogP contribution >= 0.6 is 0 Å². The van der Waals surface area contributed by atoms with Crippen molar-refractivity contribution in [3.63, 3.8) is 0 Å². The zero-order valence-electron chi connectivity index (χ0n) is 13.5. The number of hydrogen-bond donors (Lipinski definition) is 0. The Hall–Kier alpha value is -2.21. The van der Waals surface area contributed by atoms with Crippen LogP contribution in [0.5, 0.6) is 0 Å². The van der Waals surface area contributed by atoms with E-state index in [2.05, 4.69) is 56.2 Å². The standard InChI is InChI=1S/C17H22N6/c1-21-9-11-22(12-10-21)17-19-16(13-18-20-17)23-8-4-6-14-5-2-3-7-15(14)23/h2-3,5,7,13H,4,6,8-12H2,1H3. The van der Waals surface area contributed by atoms with Gasteiger partial charge in [0.15, 0.2) is 5.82 Å². The van der Waals surface area contributed by atoms with Crippen molar-refractivity contribution in [2.45, 2.75) is 12.8 Å². The van der Waals surface area contributed by atoms with Crippen LogP contribution in [0.1, 0.15) is 12.0 Å². The number of nitrogens with zero attached hydrogens (tertiary/aromatic N) is 6. The van der Waals surface area contributed by atoms with Gasteiger partial charge in [-0.1, -0.05) is 18.2 Å². The van der Waals surface area contributed by atoms with Gasteiger partial charge in [0.25, 0.3) is 0 Å². The fraction of sp³-hybridized carbons (Fsp3) is 0.471. The molecular formula is C17H22N6. The monoisotopic (exact) mass is 310 g/mol. The van der Waals surface area contributed by atoms with E-state index in [0.29, 0.717) is 0 Å². The zero-order valence-corrected chi connectivity index (χ0v) is 13.5. The summed E-state index contributed by atoms with van der Waals surface area (Å²) in [4.78, 5) is 11.6. The molecule has 120 valence electrons. The van der Waals surface area contributed by atoms with Crippen LogP contribution in [-0.2, 0) is 6.42 Å². The second kappa shape index (κ2) is 6.12. The summed E-state index contributed by atoms with van der Waals surface area (Å²) < 4.78 is 0. The molecule has 0 bridgehead atoms. The highest BCUT2D eigenvalue weighted by Gasteiger charge is 2.22. The second-order valence-corrected chi connectivity index (χ2v) is 6.29. The maximum atomic E-state index is 4.80. The summed E-state index contributed by atoms with van der Waals surface area (Å²) in [5, 5.41) is 8.48. The molecule has 0 radical (unpaired) electrons. The van der Waals surface area contributed by atoms with Crippen molar-refractivity contribution in [3.8, 4) is 0 Å². The lowest BCUT2D eigenvalue weighted by atomic mass is 10.0. The third kappa shape index (κ3) is 2.86. The predicted molar refractivity (Wildman–Crippen MR) is 91.3 cm³/mol. The van der Waals surface area contributed by atoms with Crippen LogP contribution < -0.4 is 9.80 Å². The molecule has 0 spiro atoms. The fourth-order valence-corrected chi connectivity index (χ4v) is 3.33. The van der Waals surface area contributed by atoms with Crippen LogP contribution in [-0.4, -0.2) is 59.9 Å². The normalized spacial score (nSPS) is 18.8. The second-order valence-electron chi connectivity index (χ2n) is 6.29. The van der Waals surface area contributed by atoms with Gasteiger partial charge >= 0.3 is 0 Å². The molecule has 0 amide bonds. The van der Waals surface area contributed by atoms with Crippen molar-refractivity contribution in [1.29, 1.82) is 0 Å². The van der Waals surface area contributed by atoms with Crippen LogP contribution in [0.2, 0.25) is 0 Å². The molecule has 1 aromatic heterocycles. The summed E-state index contributed by atoms with van der Waals surface area (Å²) in [6.45, 7) is 4.98. The van der Waals surface area contributed by atoms with Crippen molar-refractivity contribution < 1.29 is 0 Å². The first-order chi connectivity index (χ1) is 11.3. The Morgan fingerprint density at radius 3 is 2.70 bits per heavy atom. The molecular weight excluding hydrogens is 288 g/mol. The van der Waals surface area contributed by atoms with E-state index in [1.165, 1.54) is 11.3 Å². The van der Waals surface area contributed by atoms with Crippen LogP contribution in [0.25, 0.3) is 0 Å². The lowest BCUT2D eigenvalue weighted by Gasteiger charge is -2.33. The minimum Gasteiger partial charge on any atom is -0.337 e. The SMILES string of the molecule is CN1CCN(c2nncc(N3CCCc4ccccc43)n2)CC1. The molecule has 0 unspecified atom stereocenters. The van der Waals surface area contributed by atoms with Crippen molar-refractivity contribution in [1.82, 2.24) is 20.1 Å². The van der Waals surface area contributed by atoms with Crippen LogP contribution in [0.4, 0.5) is 17.5 Å². The molecule has 0 saturated carbocycles. The van der Waals surface area contributed by atoms with Gasteiger partial charge in [0.05, 0.1) is 6.20 Å². The number of benzene rings is 1. The highest BCUT2D eigenvalue weighted by Crippen LogP contribution is 2.32. The van der Waals surface area contributed by atoms with Gasteiger partial charge < -0.3 is 14.7 Å². The highest BCUT2D eigenvalue weighted by molar-refractivity contribution is 5.65. The number of fused-ring (bicyclic) bond motifs is 1. The number of anilines is 3. The van der Waals surface area contributed by atoms with Gasteiger partial charge in [-0.2, -0.15) is 10.1 Å². The Kier molecular flexibility index (Phi) is 3.83. The molecule has 2 aliphatic rings. The maximum absolute atomic E-state index is 4.80. The molecule has 0 atom stereocenters. The summed E-state index contributed by atoms with van der Waals surface area (Å²) in [5.41, 5.74) is 2.64. The molecule has 1 fully saturated rings. The topological polar surface area (TPSA) is 48.4 Å². The van der Waals surface area contributed by atoms with E-state index in [9.17, 15) is 0 Å². The molecule has 1 aromatic carbocycles.